The highest BCUT2D eigenvalue weighted by molar-refractivity contribution is 5.56. The number of anilines is 1. The van der Waals surface area contributed by atoms with Crippen molar-refractivity contribution < 1.29 is 9.50 Å². The van der Waals surface area contributed by atoms with Gasteiger partial charge in [0.05, 0.1) is 11.8 Å². The molecule has 1 aliphatic heterocycles. The van der Waals surface area contributed by atoms with E-state index in [1.54, 1.807) is 13.0 Å². The van der Waals surface area contributed by atoms with Crippen molar-refractivity contribution in [1.29, 1.82) is 0 Å². The Balaban J connectivity index is 2.15. The van der Waals surface area contributed by atoms with Gasteiger partial charge in [0.15, 0.2) is 0 Å². The average molecular weight is 265 g/mol. The summed E-state index contributed by atoms with van der Waals surface area (Å²) in [6.45, 7) is 5.70. The Morgan fingerprint density at radius 1 is 1.37 bits per heavy atom. The van der Waals surface area contributed by atoms with Crippen molar-refractivity contribution in [3.8, 4) is 0 Å². The third-order valence-corrected chi connectivity index (χ3v) is 4.10. The third kappa shape index (κ3) is 3.27. The van der Waals surface area contributed by atoms with Crippen LogP contribution in [-0.4, -0.2) is 18.2 Å². The van der Waals surface area contributed by atoms with E-state index in [1.807, 2.05) is 6.07 Å². The van der Waals surface area contributed by atoms with Crippen LogP contribution in [0.15, 0.2) is 18.2 Å². The summed E-state index contributed by atoms with van der Waals surface area (Å²) in [4.78, 5) is 2.10. The monoisotopic (exact) mass is 265 g/mol. The molecule has 1 atom stereocenters. The number of hydrogen-bond acceptors (Lipinski definition) is 2. The number of piperidine rings is 1. The first-order valence-electron chi connectivity index (χ1n) is 7.35. The van der Waals surface area contributed by atoms with Gasteiger partial charge in [0, 0.05) is 18.7 Å². The Bertz CT molecular complexity index is 411. The van der Waals surface area contributed by atoms with E-state index in [1.165, 1.54) is 18.9 Å². The standard InChI is InChI=1S/C16H24FNO/c1-3-5-13-8-10-18(11-9-13)16-14(12(2)19)6-4-7-15(16)17/h4,6-7,12-13,19H,3,5,8-11H2,1-2H3. The molecule has 0 aromatic heterocycles. The number of hydrogen-bond donors (Lipinski definition) is 1. The van der Waals surface area contributed by atoms with Gasteiger partial charge in [-0.3, -0.25) is 0 Å². The fourth-order valence-corrected chi connectivity index (χ4v) is 3.06. The second-order valence-electron chi connectivity index (χ2n) is 5.57. The van der Waals surface area contributed by atoms with Gasteiger partial charge in [-0.2, -0.15) is 0 Å². The van der Waals surface area contributed by atoms with Crippen molar-refractivity contribution in [2.45, 2.75) is 45.6 Å². The quantitative estimate of drug-likeness (QED) is 0.892. The van der Waals surface area contributed by atoms with Gasteiger partial charge in [0.1, 0.15) is 5.82 Å². The van der Waals surface area contributed by atoms with Crippen LogP contribution in [-0.2, 0) is 0 Å². The van der Waals surface area contributed by atoms with Crippen molar-refractivity contribution in [3.63, 3.8) is 0 Å². The number of nitrogens with zero attached hydrogens (tertiary/aromatic N) is 1. The molecule has 106 valence electrons. The lowest BCUT2D eigenvalue weighted by Gasteiger charge is -2.35. The molecule has 1 unspecified atom stereocenters. The van der Waals surface area contributed by atoms with Crippen LogP contribution in [0.4, 0.5) is 10.1 Å². The smallest absolute Gasteiger partial charge is 0.146 e. The zero-order chi connectivity index (χ0) is 13.8. The highest BCUT2D eigenvalue weighted by Crippen LogP contribution is 2.33. The number of halogens is 1. The Morgan fingerprint density at radius 2 is 2.05 bits per heavy atom. The molecule has 1 aromatic carbocycles. The van der Waals surface area contributed by atoms with Crippen LogP contribution in [0, 0.1) is 11.7 Å². The largest absolute Gasteiger partial charge is 0.389 e. The molecule has 2 rings (SSSR count). The van der Waals surface area contributed by atoms with Crippen molar-refractivity contribution in [2.24, 2.45) is 5.92 Å². The van der Waals surface area contributed by atoms with E-state index in [0.717, 1.165) is 31.8 Å². The molecule has 1 heterocycles. The van der Waals surface area contributed by atoms with Gasteiger partial charge in [-0.15, -0.1) is 0 Å². The van der Waals surface area contributed by atoms with Crippen LogP contribution in [0.1, 0.15) is 51.2 Å². The zero-order valence-electron chi connectivity index (χ0n) is 11.9. The minimum absolute atomic E-state index is 0.215. The molecule has 0 bridgehead atoms. The fraction of sp³-hybridized carbons (Fsp3) is 0.625. The first kappa shape index (κ1) is 14.3. The lowest BCUT2D eigenvalue weighted by atomic mass is 9.91. The Labute approximate surface area is 115 Å². The lowest BCUT2D eigenvalue weighted by Crippen LogP contribution is -2.35. The van der Waals surface area contributed by atoms with Gasteiger partial charge in [0.25, 0.3) is 0 Å². The highest BCUT2D eigenvalue weighted by atomic mass is 19.1. The van der Waals surface area contributed by atoms with Gasteiger partial charge in [-0.05, 0) is 31.7 Å². The first-order chi connectivity index (χ1) is 9.13. The third-order valence-electron chi connectivity index (χ3n) is 4.10. The summed E-state index contributed by atoms with van der Waals surface area (Å²) >= 11 is 0. The summed E-state index contributed by atoms with van der Waals surface area (Å²) in [6, 6.07) is 4.98. The first-order valence-corrected chi connectivity index (χ1v) is 7.35. The maximum absolute atomic E-state index is 14.1. The van der Waals surface area contributed by atoms with Crippen LogP contribution in [0.25, 0.3) is 0 Å². The molecule has 3 heteroatoms. The van der Waals surface area contributed by atoms with E-state index in [0.29, 0.717) is 11.3 Å². The van der Waals surface area contributed by atoms with Crippen molar-refractivity contribution >= 4 is 5.69 Å². The molecule has 19 heavy (non-hydrogen) atoms. The number of aliphatic hydroxyl groups excluding tert-OH is 1. The second-order valence-corrected chi connectivity index (χ2v) is 5.57. The molecule has 1 N–H and O–H groups in total. The molecule has 0 saturated carbocycles. The normalized spacial score (nSPS) is 18.6. The summed E-state index contributed by atoms with van der Waals surface area (Å²) < 4.78 is 14.1. The maximum Gasteiger partial charge on any atom is 0.146 e. The lowest BCUT2D eigenvalue weighted by molar-refractivity contribution is 0.199. The predicted octanol–water partition coefficient (Wildman–Crippen LogP) is 3.90. The van der Waals surface area contributed by atoms with Crippen molar-refractivity contribution in [1.82, 2.24) is 0 Å². The molecule has 1 aliphatic rings. The molecule has 1 saturated heterocycles. The van der Waals surface area contributed by atoms with E-state index >= 15 is 0 Å². The van der Waals surface area contributed by atoms with Crippen LogP contribution >= 0.6 is 0 Å². The van der Waals surface area contributed by atoms with E-state index in [9.17, 15) is 9.50 Å². The van der Waals surface area contributed by atoms with Crippen LogP contribution in [0.3, 0.4) is 0 Å². The summed E-state index contributed by atoms with van der Waals surface area (Å²) in [6.07, 6.45) is 4.12. The fourth-order valence-electron chi connectivity index (χ4n) is 3.06. The summed E-state index contributed by atoms with van der Waals surface area (Å²) in [5, 5.41) is 9.80. The molecular formula is C16H24FNO. The molecule has 1 aromatic rings. The number of para-hydroxylation sites is 1. The topological polar surface area (TPSA) is 23.5 Å². The van der Waals surface area contributed by atoms with Gasteiger partial charge in [-0.25, -0.2) is 4.39 Å². The predicted molar refractivity (Wildman–Crippen MR) is 76.9 cm³/mol. The second kappa shape index (κ2) is 6.38. The summed E-state index contributed by atoms with van der Waals surface area (Å²) in [7, 11) is 0. The van der Waals surface area contributed by atoms with Crippen molar-refractivity contribution in [3.05, 3.63) is 29.6 Å². The zero-order valence-corrected chi connectivity index (χ0v) is 11.9. The molecule has 0 aliphatic carbocycles. The van der Waals surface area contributed by atoms with Gasteiger partial charge >= 0.3 is 0 Å². The Hall–Kier alpha value is -1.09. The van der Waals surface area contributed by atoms with Crippen LogP contribution in [0.2, 0.25) is 0 Å². The molecule has 1 fully saturated rings. The van der Waals surface area contributed by atoms with Gasteiger partial charge in [0.2, 0.25) is 0 Å². The average Bonchev–Trinajstić information content (AvgIpc) is 2.40. The van der Waals surface area contributed by atoms with Gasteiger partial charge < -0.3 is 10.0 Å². The summed E-state index contributed by atoms with van der Waals surface area (Å²) in [5.41, 5.74) is 1.31. The minimum Gasteiger partial charge on any atom is -0.389 e. The van der Waals surface area contributed by atoms with Crippen LogP contribution in [0.5, 0.6) is 0 Å². The van der Waals surface area contributed by atoms with Crippen LogP contribution < -0.4 is 4.90 Å². The molecule has 0 spiro atoms. The number of rotatable bonds is 4. The SMILES string of the molecule is CCCC1CCN(c2c(F)cccc2C(C)O)CC1. The maximum atomic E-state index is 14.1. The molecule has 0 radical (unpaired) electrons. The Kier molecular flexibility index (Phi) is 4.81. The van der Waals surface area contributed by atoms with Gasteiger partial charge in [-0.1, -0.05) is 31.9 Å². The number of benzene rings is 1. The highest BCUT2D eigenvalue weighted by Gasteiger charge is 2.23. The summed E-state index contributed by atoms with van der Waals surface area (Å²) in [5.74, 6) is 0.565. The number of aliphatic hydroxyl groups is 1. The van der Waals surface area contributed by atoms with E-state index < -0.39 is 6.10 Å². The van der Waals surface area contributed by atoms with E-state index in [-0.39, 0.29) is 5.82 Å². The Morgan fingerprint density at radius 3 is 2.63 bits per heavy atom. The van der Waals surface area contributed by atoms with E-state index in [2.05, 4.69) is 11.8 Å². The van der Waals surface area contributed by atoms with Crippen molar-refractivity contribution in [2.75, 3.05) is 18.0 Å². The molecule has 0 amide bonds. The minimum atomic E-state index is -0.626. The molecule has 2 nitrogen and oxygen atoms in total. The van der Waals surface area contributed by atoms with E-state index in [4.69, 9.17) is 0 Å². The molecular weight excluding hydrogens is 241 g/mol.